The van der Waals surface area contributed by atoms with Crippen LogP contribution in [0.5, 0.6) is 0 Å². The van der Waals surface area contributed by atoms with Crippen molar-refractivity contribution in [1.29, 1.82) is 0 Å². The monoisotopic (exact) mass is 253 g/mol. The molecule has 0 bridgehead atoms. The largest absolute Gasteiger partial charge is 0.394 e. The maximum atomic E-state index is 11.8. The van der Waals surface area contributed by atoms with Gasteiger partial charge in [0.05, 0.1) is 6.61 Å². The van der Waals surface area contributed by atoms with Crippen LogP contribution in [0.2, 0.25) is 0 Å². The van der Waals surface area contributed by atoms with Crippen molar-refractivity contribution in [2.75, 3.05) is 6.61 Å². The van der Waals surface area contributed by atoms with Gasteiger partial charge in [0.15, 0.2) is 0 Å². The molecule has 0 spiro atoms. The lowest BCUT2D eigenvalue weighted by Crippen LogP contribution is -2.36. The van der Waals surface area contributed by atoms with Crippen LogP contribution in [0.25, 0.3) is 0 Å². The lowest BCUT2D eigenvalue weighted by molar-refractivity contribution is 0.0914. The molecule has 0 fully saturated rings. The van der Waals surface area contributed by atoms with Gasteiger partial charge in [0, 0.05) is 18.7 Å². The molecular weight excluding hydrogens is 234 g/mol. The molecule has 2 N–H and O–H groups in total. The summed E-state index contributed by atoms with van der Waals surface area (Å²) >= 11 is 0. The molecule has 0 aromatic carbocycles. The quantitative estimate of drug-likeness (QED) is 0.756. The van der Waals surface area contributed by atoms with Gasteiger partial charge in [-0.1, -0.05) is 13.3 Å². The molecule has 0 unspecified atom stereocenters. The summed E-state index contributed by atoms with van der Waals surface area (Å²) in [5.41, 5.74) is -0.0267. The number of amides is 1. The van der Waals surface area contributed by atoms with Crippen molar-refractivity contribution < 1.29 is 9.90 Å². The Kier molecular flexibility index (Phi) is 5.51. The molecule has 6 nitrogen and oxygen atoms in total. The molecule has 0 aliphatic carbocycles. The Morgan fingerprint density at radius 1 is 1.56 bits per heavy atom. The number of rotatable bonds is 6. The summed E-state index contributed by atoms with van der Waals surface area (Å²) in [7, 11) is 0. The first kappa shape index (κ1) is 14.4. The molecule has 1 atom stereocenters. The summed E-state index contributed by atoms with van der Waals surface area (Å²) in [5, 5.41) is 15.4. The first-order valence-electron chi connectivity index (χ1n) is 6.08. The predicted molar refractivity (Wildman–Crippen MR) is 67.4 cm³/mol. The first-order chi connectivity index (χ1) is 8.58. The van der Waals surface area contributed by atoms with Gasteiger partial charge in [-0.25, -0.2) is 4.68 Å². The highest BCUT2D eigenvalue weighted by molar-refractivity contribution is 5.92. The molecule has 18 heavy (non-hydrogen) atoms. The predicted octanol–water partition coefficient (Wildman–Crippen LogP) is 0.154. The van der Waals surface area contributed by atoms with Crippen LogP contribution in [0, 0.1) is 0 Å². The Morgan fingerprint density at radius 2 is 2.28 bits per heavy atom. The van der Waals surface area contributed by atoms with E-state index < -0.39 is 0 Å². The molecule has 6 heteroatoms. The highest BCUT2D eigenvalue weighted by Gasteiger charge is 2.11. The van der Waals surface area contributed by atoms with E-state index >= 15 is 0 Å². The van der Waals surface area contributed by atoms with Crippen molar-refractivity contribution in [3.63, 3.8) is 0 Å². The number of aromatic nitrogens is 2. The Balaban J connectivity index is 2.83. The van der Waals surface area contributed by atoms with Crippen molar-refractivity contribution in [2.24, 2.45) is 0 Å². The number of nitrogens with zero attached hydrogens (tertiary/aromatic N) is 2. The van der Waals surface area contributed by atoms with Gasteiger partial charge in [0.25, 0.3) is 11.5 Å². The number of carbonyl (C=O) groups is 1. The highest BCUT2D eigenvalue weighted by Crippen LogP contribution is 1.95. The average molecular weight is 253 g/mol. The normalized spacial score (nSPS) is 12.2. The van der Waals surface area contributed by atoms with Crippen LogP contribution >= 0.6 is 0 Å². The van der Waals surface area contributed by atoms with E-state index in [-0.39, 0.29) is 29.8 Å². The minimum absolute atomic E-state index is 0.138. The van der Waals surface area contributed by atoms with Gasteiger partial charge in [0.2, 0.25) is 0 Å². The third kappa shape index (κ3) is 3.96. The molecule has 1 amide bonds. The molecule has 0 saturated heterocycles. The van der Waals surface area contributed by atoms with Crippen molar-refractivity contribution in [3.8, 4) is 0 Å². The van der Waals surface area contributed by atoms with Crippen LogP contribution in [0.4, 0.5) is 0 Å². The lowest BCUT2D eigenvalue weighted by atomic mass is 10.3. The fourth-order valence-electron chi connectivity index (χ4n) is 1.38. The van der Waals surface area contributed by atoms with E-state index in [0.717, 1.165) is 12.8 Å². The Labute approximate surface area is 106 Å². The number of nitrogens with one attached hydrogen (secondary N) is 1. The number of unbranched alkanes of at least 4 members (excludes halogenated alkanes) is 1. The summed E-state index contributed by atoms with van der Waals surface area (Å²) < 4.78 is 1.29. The van der Waals surface area contributed by atoms with Crippen molar-refractivity contribution >= 4 is 5.91 Å². The topological polar surface area (TPSA) is 84.2 Å². The Morgan fingerprint density at radius 3 is 2.89 bits per heavy atom. The Hall–Kier alpha value is -1.69. The van der Waals surface area contributed by atoms with Crippen LogP contribution < -0.4 is 10.9 Å². The van der Waals surface area contributed by atoms with Crippen molar-refractivity contribution in [3.05, 3.63) is 28.2 Å². The third-order valence-corrected chi connectivity index (χ3v) is 2.47. The zero-order valence-electron chi connectivity index (χ0n) is 10.7. The van der Waals surface area contributed by atoms with Crippen molar-refractivity contribution in [2.45, 2.75) is 39.3 Å². The van der Waals surface area contributed by atoms with Crippen LogP contribution in [0.3, 0.4) is 0 Å². The lowest BCUT2D eigenvalue weighted by Gasteiger charge is -2.11. The summed E-state index contributed by atoms with van der Waals surface area (Å²) in [4.78, 5) is 23.3. The second-order valence-corrected chi connectivity index (χ2v) is 4.19. The van der Waals surface area contributed by atoms with E-state index in [1.54, 1.807) is 6.92 Å². The van der Waals surface area contributed by atoms with Crippen LogP contribution in [-0.2, 0) is 6.54 Å². The van der Waals surface area contributed by atoms with Gasteiger partial charge in [-0.3, -0.25) is 9.59 Å². The fourth-order valence-corrected chi connectivity index (χ4v) is 1.38. The number of hydrogen-bond acceptors (Lipinski definition) is 4. The van der Waals surface area contributed by atoms with Crippen molar-refractivity contribution in [1.82, 2.24) is 15.1 Å². The summed E-state index contributed by atoms with van der Waals surface area (Å²) in [5.74, 6) is -0.387. The van der Waals surface area contributed by atoms with Gasteiger partial charge in [0.1, 0.15) is 5.69 Å². The smallest absolute Gasteiger partial charge is 0.272 e. The number of hydrogen-bond donors (Lipinski definition) is 2. The standard InChI is InChI=1S/C12H19N3O3/c1-3-4-7-15-11(17)6-5-10(14-15)12(18)13-9(2)8-16/h5-6,9,16H,3-4,7-8H2,1-2H3,(H,13,18)/t9-/m1/s1. The van der Waals surface area contributed by atoms with Gasteiger partial charge in [-0.15, -0.1) is 0 Å². The molecule has 0 aliphatic rings. The summed E-state index contributed by atoms with van der Waals surface area (Å²) in [6.45, 7) is 4.07. The van der Waals surface area contributed by atoms with E-state index in [9.17, 15) is 9.59 Å². The maximum absolute atomic E-state index is 11.8. The fraction of sp³-hybridized carbons (Fsp3) is 0.583. The average Bonchev–Trinajstić information content (AvgIpc) is 2.37. The molecule has 1 aromatic heterocycles. The van der Waals surface area contributed by atoms with Gasteiger partial charge < -0.3 is 10.4 Å². The van der Waals surface area contributed by atoms with E-state index in [1.807, 2.05) is 6.92 Å². The second kappa shape index (κ2) is 6.90. The minimum atomic E-state index is -0.387. The number of aryl methyl sites for hydroxylation is 1. The maximum Gasteiger partial charge on any atom is 0.272 e. The SMILES string of the molecule is CCCCn1nc(C(=O)N[C@H](C)CO)ccc1=O. The van der Waals surface area contributed by atoms with Crippen LogP contribution in [-0.4, -0.2) is 33.4 Å². The molecular formula is C12H19N3O3. The van der Waals surface area contributed by atoms with E-state index in [4.69, 9.17) is 5.11 Å². The molecule has 1 rings (SSSR count). The highest BCUT2D eigenvalue weighted by atomic mass is 16.3. The minimum Gasteiger partial charge on any atom is -0.394 e. The van der Waals surface area contributed by atoms with E-state index in [1.165, 1.54) is 16.8 Å². The molecule has 100 valence electrons. The molecule has 0 aliphatic heterocycles. The Bertz CT molecular complexity index is 456. The first-order valence-corrected chi connectivity index (χ1v) is 6.08. The molecule has 0 saturated carbocycles. The van der Waals surface area contributed by atoms with Crippen LogP contribution in [0.15, 0.2) is 16.9 Å². The van der Waals surface area contributed by atoms with Crippen LogP contribution in [0.1, 0.15) is 37.2 Å². The zero-order chi connectivity index (χ0) is 13.5. The molecule has 0 radical (unpaired) electrons. The number of aliphatic hydroxyl groups excluding tert-OH is 1. The van der Waals surface area contributed by atoms with E-state index in [2.05, 4.69) is 10.4 Å². The third-order valence-electron chi connectivity index (χ3n) is 2.47. The number of carbonyl (C=O) groups excluding carboxylic acids is 1. The van der Waals surface area contributed by atoms with Gasteiger partial charge in [-0.05, 0) is 19.4 Å². The molecule has 1 heterocycles. The van der Waals surface area contributed by atoms with Gasteiger partial charge >= 0.3 is 0 Å². The second-order valence-electron chi connectivity index (χ2n) is 4.19. The number of aliphatic hydroxyl groups is 1. The summed E-state index contributed by atoms with van der Waals surface area (Å²) in [6.07, 6.45) is 1.79. The molecule has 1 aromatic rings. The van der Waals surface area contributed by atoms with Gasteiger partial charge in [-0.2, -0.15) is 5.10 Å². The zero-order valence-corrected chi connectivity index (χ0v) is 10.7. The summed E-state index contributed by atoms with van der Waals surface area (Å²) in [6, 6.07) is 2.39. The van der Waals surface area contributed by atoms with E-state index in [0.29, 0.717) is 6.54 Å².